The summed E-state index contributed by atoms with van der Waals surface area (Å²) >= 11 is 0. The molecule has 0 spiro atoms. The average Bonchev–Trinajstić information content (AvgIpc) is 2.25. The molecule has 0 radical (unpaired) electrons. The van der Waals surface area contributed by atoms with Crippen LogP contribution in [0.1, 0.15) is 17.0 Å². The Morgan fingerprint density at radius 2 is 2.17 bits per heavy atom. The number of aromatic nitrogens is 2. The zero-order valence-electron chi connectivity index (χ0n) is 7.83. The maximum absolute atomic E-state index is 5.37. The number of aryl methyl sites for hydroxylation is 2. The number of rotatable bonds is 2. The minimum atomic E-state index is 0.577. The molecule has 0 aromatic carbocycles. The van der Waals surface area contributed by atoms with Crippen LogP contribution in [0.5, 0.6) is 0 Å². The van der Waals surface area contributed by atoms with Crippen LogP contribution in [-0.4, -0.2) is 16.3 Å². The smallest absolute Gasteiger partial charge is 0.0668 e. The lowest BCUT2D eigenvalue weighted by Crippen LogP contribution is -1.93. The number of nitrogens with two attached hydrogens (primary N) is 1. The van der Waals surface area contributed by atoms with Gasteiger partial charge in [-0.25, -0.2) is 0 Å². The molecular weight excluding hydrogens is 150 g/mol. The molecule has 0 aliphatic heterocycles. The summed E-state index contributed by atoms with van der Waals surface area (Å²) in [6.45, 7) is 4.63. The van der Waals surface area contributed by atoms with E-state index in [0.717, 1.165) is 5.69 Å². The van der Waals surface area contributed by atoms with Crippen molar-refractivity contribution in [3.05, 3.63) is 23.0 Å². The summed E-state index contributed by atoms with van der Waals surface area (Å²) in [6.07, 6.45) is 3.97. The Hall–Kier alpha value is -1.09. The van der Waals surface area contributed by atoms with Gasteiger partial charge in [0, 0.05) is 24.8 Å². The van der Waals surface area contributed by atoms with E-state index in [1.165, 1.54) is 11.3 Å². The van der Waals surface area contributed by atoms with Crippen molar-refractivity contribution < 1.29 is 0 Å². The molecular formula is C9H15N3. The first-order chi connectivity index (χ1) is 5.66. The van der Waals surface area contributed by atoms with Crippen LogP contribution in [0.15, 0.2) is 6.08 Å². The molecule has 2 N–H and O–H groups in total. The van der Waals surface area contributed by atoms with Crippen LogP contribution in [0.3, 0.4) is 0 Å². The third-order valence-electron chi connectivity index (χ3n) is 1.99. The standard InChI is InChI=1S/C9H15N3/c1-7-9(5-4-6-10)8(2)12(3)11-7/h4-5H,6,10H2,1-3H3/b5-4+. The van der Waals surface area contributed by atoms with Gasteiger partial charge >= 0.3 is 0 Å². The maximum Gasteiger partial charge on any atom is 0.0668 e. The maximum atomic E-state index is 5.37. The molecule has 12 heavy (non-hydrogen) atoms. The van der Waals surface area contributed by atoms with E-state index in [1.807, 2.05) is 30.8 Å². The van der Waals surface area contributed by atoms with Gasteiger partial charge in [-0.1, -0.05) is 12.2 Å². The highest BCUT2D eigenvalue weighted by molar-refractivity contribution is 5.54. The van der Waals surface area contributed by atoms with Crippen molar-refractivity contribution in [1.82, 2.24) is 9.78 Å². The Balaban J connectivity index is 3.05. The first-order valence-corrected chi connectivity index (χ1v) is 4.03. The van der Waals surface area contributed by atoms with Crippen molar-refractivity contribution >= 4 is 6.08 Å². The van der Waals surface area contributed by atoms with Crippen molar-refractivity contribution in [3.8, 4) is 0 Å². The molecule has 0 atom stereocenters. The Labute approximate surface area is 72.9 Å². The highest BCUT2D eigenvalue weighted by atomic mass is 15.3. The SMILES string of the molecule is Cc1nn(C)c(C)c1/C=C/CN. The van der Waals surface area contributed by atoms with Crippen molar-refractivity contribution in [1.29, 1.82) is 0 Å². The quantitative estimate of drug-likeness (QED) is 0.710. The third-order valence-corrected chi connectivity index (χ3v) is 1.99. The molecule has 0 aliphatic carbocycles. The monoisotopic (exact) mass is 165 g/mol. The second kappa shape index (κ2) is 3.54. The first-order valence-electron chi connectivity index (χ1n) is 4.03. The fraction of sp³-hybridized carbons (Fsp3) is 0.444. The zero-order valence-corrected chi connectivity index (χ0v) is 7.83. The van der Waals surface area contributed by atoms with Crippen LogP contribution in [0.4, 0.5) is 0 Å². The Morgan fingerprint density at radius 3 is 2.58 bits per heavy atom. The predicted octanol–water partition coefficient (Wildman–Crippen LogP) is 1.01. The molecule has 66 valence electrons. The summed E-state index contributed by atoms with van der Waals surface area (Å²) in [5.41, 5.74) is 8.79. The van der Waals surface area contributed by atoms with E-state index in [9.17, 15) is 0 Å². The molecule has 3 nitrogen and oxygen atoms in total. The van der Waals surface area contributed by atoms with Gasteiger partial charge in [-0.3, -0.25) is 4.68 Å². The Kier molecular flexibility index (Phi) is 2.65. The molecule has 0 saturated heterocycles. The number of nitrogens with zero attached hydrogens (tertiary/aromatic N) is 2. The van der Waals surface area contributed by atoms with Crippen LogP contribution >= 0.6 is 0 Å². The summed E-state index contributed by atoms with van der Waals surface area (Å²) in [4.78, 5) is 0. The fourth-order valence-corrected chi connectivity index (χ4v) is 1.22. The number of hydrogen-bond donors (Lipinski definition) is 1. The van der Waals surface area contributed by atoms with E-state index in [1.54, 1.807) is 0 Å². The molecule has 0 saturated carbocycles. The van der Waals surface area contributed by atoms with Gasteiger partial charge in [0.15, 0.2) is 0 Å². The molecule has 0 amide bonds. The van der Waals surface area contributed by atoms with Crippen LogP contribution in [-0.2, 0) is 7.05 Å². The second-order valence-corrected chi connectivity index (χ2v) is 2.85. The van der Waals surface area contributed by atoms with Crippen LogP contribution < -0.4 is 5.73 Å². The van der Waals surface area contributed by atoms with Crippen LogP contribution in [0.25, 0.3) is 6.08 Å². The van der Waals surface area contributed by atoms with E-state index < -0.39 is 0 Å². The van der Waals surface area contributed by atoms with E-state index in [-0.39, 0.29) is 0 Å². The fourth-order valence-electron chi connectivity index (χ4n) is 1.22. The summed E-state index contributed by atoms with van der Waals surface area (Å²) in [6, 6.07) is 0. The van der Waals surface area contributed by atoms with Crippen molar-refractivity contribution in [3.63, 3.8) is 0 Å². The lowest BCUT2D eigenvalue weighted by molar-refractivity contribution is 0.731. The van der Waals surface area contributed by atoms with Crippen molar-refractivity contribution in [2.24, 2.45) is 12.8 Å². The third kappa shape index (κ3) is 1.56. The minimum absolute atomic E-state index is 0.577. The molecule has 0 fully saturated rings. The first kappa shape index (κ1) is 9.00. The van der Waals surface area contributed by atoms with E-state index >= 15 is 0 Å². The Bertz CT molecular complexity index is 297. The minimum Gasteiger partial charge on any atom is -0.327 e. The molecule has 0 aliphatic rings. The predicted molar refractivity (Wildman–Crippen MR) is 50.8 cm³/mol. The largest absolute Gasteiger partial charge is 0.327 e. The van der Waals surface area contributed by atoms with Crippen LogP contribution in [0, 0.1) is 13.8 Å². The van der Waals surface area contributed by atoms with Gasteiger partial charge in [-0.15, -0.1) is 0 Å². The van der Waals surface area contributed by atoms with Gasteiger partial charge in [0.05, 0.1) is 5.69 Å². The molecule has 1 aromatic heterocycles. The lowest BCUT2D eigenvalue weighted by atomic mass is 10.2. The van der Waals surface area contributed by atoms with Gasteiger partial charge in [-0.05, 0) is 13.8 Å². The Morgan fingerprint density at radius 1 is 1.50 bits per heavy atom. The summed E-state index contributed by atoms with van der Waals surface area (Å²) < 4.78 is 1.88. The van der Waals surface area contributed by atoms with Gasteiger partial charge in [0.2, 0.25) is 0 Å². The molecule has 1 aromatic rings. The van der Waals surface area contributed by atoms with E-state index in [4.69, 9.17) is 5.73 Å². The molecule has 0 unspecified atom stereocenters. The van der Waals surface area contributed by atoms with Gasteiger partial charge in [0.1, 0.15) is 0 Å². The van der Waals surface area contributed by atoms with Gasteiger partial charge in [-0.2, -0.15) is 5.10 Å². The summed E-state index contributed by atoms with van der Waals surface area (Å²) in [7, 11) is 1.95. The van der Waals surface area contributed by atoms with Crippen LogP contribution in [0.2, 0.25) is 0 Å². The van der Waals surface area contributed by atoms with Gasteiger partial charge in [0.25, 0.3) is 0 Å². The molecule has 1 rings (SSSR count). The van der Waals surface area contributed by atoms with Gasteiger partial charge < -0.3 is 5.73 Å². The van der Waals surface area contributed by atoms with E-state index in [0.29, 0.717) is 6.54 Å². The number of hydrogen-bond acceptors (Lipinski definition) is 2. The highest BCUT2D eigenvalue weighted by Crippen LogP contribution is 2.12. The average molecular weight is 165 g/mol. The molecule has 1 heterocycles. The molecule has 3 heteroatoms. The summed E-state index contributed by atoms with van der Waals surface area (Å²) in [5, 5.41) is 4.29. The second-order valence-electron chi connectivity index (χ2n) is 2.85. The highest BCUT2D eigenvalue weighted by Gasteiger charge is 2.04. The topological polar surface area (TPSA) is 43.8 Å². The lowest BCUT2D eigenvalue weighted by Gasteiger charge is -1.93. The zero-order chi connectivity index (χ0) is 9.14. The molecule has 0 bridgehead atoms. The van der Waals surface area contributed by atoms with Crippen molar-refractivity contribution in [2.75, 3.05) is 6.54 Å². The normalized spacial score (nSPS) is 11.3. The summed E-state index contributed by atoms with van der Waals surface area (Å²) in [5.74, 6) is 0. The van der Waals surface area contributed by atoms with E-state index in [2.05, 4.69) is 12.0 Å². The van der Waals surface area contributed by atoms with Crippen molar-refractivity contribution in [2.45, 2.75) is 13.8 Å².